The van der Waals surface area contributed by atoms with Gasteiger partial charge in [0.1, 0.15) is 5.92 Å². The van der Waals surface area contributed by atoms with E-state index >= 15 is 0 Å². The molecule has 1 saturated carbocycles. The highest BCUT2D eigenvalue weighted by Gasteiger charge is 2.77. The molecule has 1 aliphatic rings. The summed E-state index contributed by atoms with van der Waals surface area (Å²) < 4.78 is 86.5. The molecule has 0 heterocycles. The first-order chi connectivity index (χ1) is 8.34. The highest BCUT2D eigenvalue weighted by molar-refractivity contribution is 6.24. The number of Topliss-reactive ketones (excluding diaryl/α,β-unsaturated/α-hetero) is 3. The fourth-order valence-electron chi connectivity index (χ4n) is 1.52. The lowest BCUT2D eigenvalue weighted by Gasteiger charge is -2.27. The second kappa shape index (κ2) is 4.27. The van der Waals surface area contributed by atoms with Gasteiger partial charge in [-0.15, -0.1) is 0 Å². The number of hydrogen-bond donors (Lipinski definition) is 0. The van der Waals surface area contributed by atoms with Crippen LogP contribution in [0.1, 0.15) is 12.8 Å². The molecular weight excluding hydrogens is 289 g/mol. The van der Waals surface area contributed by atoms with Crippen LogP contribution < -0.4 is 0 Å². The molecule has 0 saturated heterocycles. The Bertz CT molecular complexity index is 422. The van der Waals surface area contributed by atoms with Crippen molar-refractivity contribution in [2.45, 2.75) is 30.9 Å². The molecular formula is C9H5F7O3. The zero-order valence-corrected chi connectivity index (χ0v) is 8.86. The van der Waals surface area contributed by atoms with Gasteiger partial charge in [-0.1, -0.05) is 0 Å². The summed E-state index contributed by atoms with van der Waals surface area (Å²) in [4.78, 5) is 32.9. The van der Waals surface area contributed by atoms with Crippen LogP contribution in [0.25, 0.3) is 0 Å². The van der Waals surface area contributed by atoms with Crippen LogP contribution in [0.3, 0.4) is 0 Å². The third kappa shape index (κ3) is 2.23. The average Bonchev–Trinajstić information content (AvgIpc) is 2.55. The van der Waals surface area contributed by atoms with Crippen LogP contribution in [0, 0.1) is 5.92 Å². The first-order valence-corrected chi connectivity index (χ1v) is 4.76. The summed E-state index contributed by atoms with van der Waals surface area (Å²) in [5, 5.41) is 0. The van der Waals surface area contributed by atoms with Crippen LogP contribution in [-0.4, -0.2) is 35.4 Å². The minimum atomic E-state index is -6.68. The minimum absolute atomic E-state index is 0.636. The van der Waals surface area contributed by atoms with Crippen molar-refractivity contribution in [3.05, 3.63) is 0 Å². The predicted octanol–water partition coefficient (Wildman–Crippen LogP) is 1.94. The topological polar surface area (TPSA) is 51.2 Å². The summed E-state index contributed by atoms with van der Waals surface area (Å²) in [5.74, 6) is -21.3. The normalized spacial score (nSPS) is 19.1. The van der Waals surface area contributed by atoms with Gasteiger partial charge in [-0.25, -0.2) is 0 Å². The molecule has 10 heteroatoms. The van der Waals surface area contributed by atoms with Crippen molar-refractivity contribution in [3.63, 3.8) is 0 Å². The highest BCUT2D eigenvalue weighted by atomic mass is 19.4. The van der Waals surface area contributed by atoms with Gasteiger partial charge in [0.15, 0.2) is 11.6 Å². The summed E-state index contributed by atoms with van der Waals surface area (Å²) in [6, 6.07) is 0. The summed E-state index contributed by atoms with van der Waals surface area (Å²) >= 11 is 0. The molecule has 0 bridgehead atoms. The maximum atomic E-state index is 13.0. The van der Waals surface area contributed by atoms with Gasteiger partial charge in [-0.05, 0) is 0 Å². The molecule has 0 atom stereocenters. The third-order valence-corrected chi connectivity index (χ3v) is 2.58. The Hall–Kier alpha value is -1.48. The molecule has 0 spiro atoms. The van der Waals surface area contributed by atoms with Crippen LogP contribution >= 0.6 is 0 Å². The largest absolute Gasteiger partial charge is 0.460 e. The van der Waals surface area contributed by atoms with E-state index in [1.54, 1.807) is 0 Å². The van der Waals surface area contributed by atoms with Gasteiger partial charge in [0.2, 0.25) is 5.78 Å². The monoisotopic (exact) mass is 294 g/mol. The average molecular weight is 294 g/mol. The summed E-state index contributed by atoms with van der Waals surface area (Å²) in [6.07, 6.45) is -7.96. The van der Waals surface area contributed by atoms with Crippen molar-refractivity contribution in [1.82, 2.24) is 0 Å². The molecule has 0 radical (unpaired) electrons. The van der Waals surface area contributed by atoms with Crippen LogP contribution in [-0.2, 0) is 14.4 Å². The van der Waals surface area contributed by atoms with Crippen LogP contribution in [0.15, 0.2) is 0 Å². The van der Waals surface area contributed by atoms with Crippen molar-refractivity contribution in [2.24, 2.45) is 5.92 Å². The first-order valence-electron chi connectivity index (χ1n) is 4.76. The van der Waals surface area contributed by atoms with E-state index in [9.17, 15) is 45.1 Å². The number of rotatable bonds is 3. The van der Waals surface area contributed by atoms with E-state index in [4.69, 9.17) is 0 Å². The Morgan fingerprint density at radius 2 is 1.26 bits per heavy atom. The Morgan fingerprint density at radius 1 is 0.895 bits per heavy atom. The summed E-state index contributed by atoms with van der Waals surface area (Å²) in [5.41, 5.74) is 0. The van der Waals surface area contributed by atoms with Crippen LogP contribution in [0.2, 0.25) is 0 Å². The molecule has 0 amide bonds. The fraction of sp³-hybridized carbons (Fsp3) is 0.667. The third-order valence-electron chi connectivity index (χ3n) is 2.58. The van der Waals surface area contributed by atoms with E-state index in [0.717, 1.165) is 0 Å². The Labute approximate surface area is 100 Å². The molecule has 0 aliphatic heterocycles. The first kappa shape index (κ1) is 15.6. The van der Waals surface area contributed by atoms with Gasteiger partial charge in [0, 0.05) is 12.8 Å². The van der Waals surface area contributed by atoms with Gasteiger partial charge < -0.3 is 0 Å². The summed E-state index contributed by atoms with van der Waals surface area (Å²) in [7, 11) is 0. The van der Waals surface area contributed by atoms with E-state index in [-0.39, 0.29) is 0 Å². The highest BCUT2D eigenvalue weighted by Crippen LogP contribution is 2.48. The van der Waals surface area contributed by atoms with E-state index in [0.29, 0.717) is 0 Å². The number of carbonyl (C=O) groups is 3. The van der Waals surface area contributed by atoms with Gasteiger partial charge in [-0.2, -0.15) is 30.7 Å². The number of halogens is 7. The molecule has 1 rings (SSSR count). The number of carbonyl (C=O) groups excluding carboxylic acids is 3. The number of hydrogen-bond acceptors (Lipinski definition) is 3. The molecule has 0 N–H and O–H groups in total. The second-order valence-electron chi connectivity index (χ2n) is 3.88. The lowest BCUT2D eigenvalue weighted by atomic mass is 9.92. The van der Waals surface area contributed by atoms with Crippen molar-refractivity contribution in [1.29, 1.82) is 0 Å². The quantitative estimate of drug-likeness (QED) is 0.590. The fourth-order valence-corrected chi connectivity index (χ4v) is 1.52. The Balaban J connectivity index is 3.17. The van der Waals surface area contributed by atoms with Crippen molar-refractivity contribution in [2.75, 3.05) is 0 Å². The van der Waals surface area contributed by atoms with E-state index in [2.05, 4.69) is 0 Å². The zero-order valence-electron chi connectivity index (χ0n) is 8.86. The maximum absolute atomic E-state index is 13.0. The van der Waals surface area contributed by atoms with E-state index in [1.807, 2.05) is 0 Å². The molecule has 0 aromatic rings. The Morgan fingerprint density at radius 3 is 1.58 bits per heavy atom. The van der Waals surface area contributed by atoms with E-state index < -0.39 is 54.1 Å². The molecule has 1 fully saturated rings. The van der Waals surface area contributed by atoms with Crippen LogP contribution in [0.5, 0.6) is 0 Å². The van der Waals surface area contributed by atoms with Crippen molar-refractivity contribution >= 4 is 17.3 Å². The number of ketones is 3. The molecule has 0 aromatic carbocycles. The zero-order chi connectivity index (χ0) is 15.2. The maximum Gasteiger partial charge on any atom is 0.460 e. The Kier molecular flexibility index (Phi) is 3.50. The minimum Gasteiger partial charge on any atom is -0.298 e. The van der Waals surface area contributed by atoms with Crippen molar-refractivity contribution in [3.8, 4) is 0 Å². The second-order valence-corrected chi connectivity index (χ2v) is 3.88. The number of alkyl halides is 7. The van der Waals surface area contributed by atoms with Crippen molar-refractivity contribution < 1.29 is 45.1 Å². The van der Waals surface area contributed by atoms with Gasteiger partial charge >= 0.3 is 18.0 Å². The molecule has 19 heavy (non-hydrogen) atoms. The van der Waals surface area contributed by atoms with Gasteiger partial charge in [0.05, 0.1) is 0 Å². The molecule has 108 valence electrons. The van der Waals surface area contributed by atoms with Gasteiger partial charge in [0.25, 0.3) is 0 Å². The smallest absolute Gasteiger partial charge is 0.298 e. The molecule has 0 aromatic heterocycles. The molecule has 1 aliphatic carbocycles. The van der Waals surface area contributed by atoms with E-state index in [1.165, 1.54) is 0 Å². The lowest BCUT2D eigenvalue weighted by molar-refractivity contribution is -0.343. The van der Waals surface area contributed by atoms with Crippen LogP contribution in [0.4, 0.5) is 30.7 Å². The standard InChI is InChI=1S/C9H5F7O3/c10-7(11,8(12,13)9(14,15)16)6(19)5-3(17)1-2-4(5)18/h5H,1-2H2. The predicted molar refractivity (Wildman–Crippen MR) is 43.7 cm³/mol. The molecule has 3 nitrogen and oxygen atoms in total. The lowest BCUT2D eigenvalue weighted by Crippen LogP contribution is -2.58. The molecule has 0 unspecified atom stereocenters. The summed E-state index contributed by atoms with van der Waals surface area (Å²) in [6.45, 7) is 0. The van der Waals surface area contributed by atoms with Gasteiger partial charge in [-0.3, -0.25) is 14.4 Å². The SMILES string of the molecule is O=C1CCC(=O)C1C(=O)C(F)(F)C(F)(F)C(F)(F)F.